The molecular weight excluding hydrogens is 552 g/mol. The normalized spacial score (nSPS) is 14.4. The summed E-state index contributed by atoms with van der Waals surface area (Å²) in [7, 11) is 1.79. The van der Waals surface area contributed by atoms with Gasteiger partial charge in [0.2, 0.25) is 5.95 Å². The minimum atomic E-state index is 0.466. The van der Waals surface area contributed by atoms with Crippen molar-refractivity contribution in [2.24, 2.45) is 4.99 Å². The molecule has 0 unspecified atom stereocenters. The van der Waals surface area contributed by atoms with Gasteiger partial charge in [-0.1, -0.05) is 103 Å². The third-order valence-electron chi connectivity index (χ3n) is 8.12. The number of nitrogens with zero attached hydrogens (tertiary/aromatic N) is 6. The molecule has 0 amide bonds. The van der Waals surface area contributed by atoms with Crippen LogP contribution in [0.4, 0.5) is 11.6 Å². The van der Waals surface area contributed by atoms with E-state index in [1.54, 1.807) is 13.1 Å². The fourth-order valence-corrected chi connectivity index (χ4v) is 6.24. The van der Waals surface area contributed by atoms with E-state index in [9.17, 15) is 0 Å². The summed E-state index contributed by atoms with van der Waals surface area (Å²) in [5.74, 6) is 4.36. The Morgan fingerprint density at radius 1 is 0.667 bits per heavy atom. The van der Waals surface area contributed by atoms with Gasteiger partial charge in [0, 0.05) is 46.3 Å². The van der Waals surface area contributed by atoms with Gasteiger partial charge in [-0.3, -0.25) is 9.89 Å². The molecule has 6 nitrogen and oxygen atoms in total. The van der Waals surface area contributed by atoms with Crippen molar-refractivity contribution in [1.82, 2.24) is 19.5 Å². The lowest BCUT2D eigenvalue weighted by Crippen LogP contribution is -2.19. The molecule has 45 heavy (non-hydrogen) atoms. The van der Waals surface area contributed by atoms with Gasteiger partial charge < -0.3 is 4.57 Å². The molecule has 5 aromatic carbocycles. The van der Waals surface area contributed by atoms with Crippen LogP contribution in [-0.4, -0.2) is 32.3 Å². The zero-order valence-electron chi connectivity index (χ0n) is 24.5. The number of benzene rings is 5. The van der Waals surface area contributed by atoms with Crippen LogP contribution in [0, 0.1) is 12.3 Å². The average molecular weight is 579 g/mol. The Balaban J connectivity index is 1.49. The zero-order valence-corrected chi connectivity index (χ0v) is 24.5. The topological polar surface area (TPSA) is 59.2 Å². The molecule has 1 aliphatic rings. The molecular formula is C39H26N6. The van der Waals surface area contributed by atoms with E-state index in [1.807, 2.05) is 66.7 Å². The Kier molecular flexibility index (Phi) is 6.29. The Hall–Kier alpha value is -6.32. The van der Waals surface area contributed by atoms with Crippen LogP contribution < -0.4 is 4.90 Å². The maximum Gasteiger partial charge on any atom is 0.238 e. The van der Waals surface area contributed by atoms with Crippen LogP contribution in [0.15, 0.2) is 144 Å². The van der Waals surface area contributed by atoms with E-state index >= 15 is 0 Å². The lowest BCUT2D eigenvalue weighted by atomic mass is 10.0. The quantitative estimate of drug-likeness (QED) is 0.197. The van der Waals surface area contributed by atoms with E-state index < -0.39 is 0 Å². The second-order valence-electron chi connectivity index (χ2n) is 10.7. The highest BCUT2D eigenvalue weighted by Gasteiger charge is 2.36. The molecule has 212 valence electrons. The highest BCUT2D eigenvalue weighted by Crippen LogP contribution is 2.48. The average Bonchev–Trinajstić information content (AvgIpc) is 3.61. The monoisotopic (exact) mass is 578 g/mol. The number of para-hydroxylation sites is 2. The van der Waals surface area contributed by atoms with E-state index in [0.717, 1.165) is 61.3 Å². The number of rotatable bonds is 4. The van der Waals surface area contributed by atoms with Gasteiger partial charge in [-0.15, -0.1) is 6.42 Å². The summed E-state index contributed by atoms with van der Waals surface area (Å²) < 4.78 is 2.30. The predicted molar refractivity (Wildman–Crippen MR) is 183 cm³/mol. The first-order valence-corrected chi connectivity index (χ1v) is 14.7. The minimum Gasteiger partial charge on any atom is -0.309 e. The molecule has 0 bridgehead atoms. The van der Waals surface area contributed by atoms with Crippen molar-refractivity contribution in [2.75, 3.05) is 11.9 Å². The first-order chi connectivity index (χ1) is 22.3. The minimum absolute atomic E-state index is 0.466. The molecule has 0 aliphatic carbocycles. The smallest absolute Gasteiger partial charge is 0.238 e. The van der Waals surface area contributed by atoms with Crippen molar-refractivity contribution < 1.29 is 0 Å². The maximum atomic E-state index is 5.96. The van der Waals surface area contributed by atoms with E-state index in [1.165, 1.54) is 0 Å². The Labute approximate surface area is 260 Å². The molecule has 1 aliphatic heterocycles. The molecule has 7 aromatic rings. The van der Waals surface area contributed by atoms with Crippen molar-refractivity contribution in [1.29, 1.82) is 0 Å². The first kappa shape index (κ1) is 26.3. The van der Waals surface area contributed by atoms with Crippen molar-refractivity contribution in [2.45, 2.75) is 0 Å². The molecule has 0 atom stereocenters. The summed E-state index contributed by atoms with van der Waals surface area (Å²) in [5.41, 5.74) is 8.44. The van der Waals surface area contributed by atoms with Crippen molar-refractivity contribution >= 4 is 39.2 Å². The Morgan fingerprint density at radius 2 is 1.27 bits per heavy atom. The van der Waals surface area contributed by atoms with Gasteiger partial charge in [-0.2, -0.15) is 9.97 Å². The van der Waals surface area contributed by atoms with Crippen LogP contribution in [0.1, 0.15) is 5.56 Å². The third-order valence-corrected chi connectivity index (χ3v) is 8.12. The van der Waals surface area contributed by atoms with Gasteiger partial charge in [0.25, 0.3) is 0 Å². The number of hydrogen-bond donors (Lipinski definition) is 0. The fraction of sp³-hybridized carbons (Fsp3) is 0.0256. The number of anilines is 2. The van der Waals surface area contributed by atoms with Crippen molar-refractivity contribution in [3.8, 4) is 40.8 Å². The number of hydrogen-bond acceptors (Lipinski definition) is 5. The second kappa shape index (κ2) is 10.7. The van der Waals surface area contributed by atoms with Crippen molar-refractivity contribution in [3.05, 3.63) is 145 Å². The summed E-state index contributed by atoms with van der Waals surface area (Å²) in [6, 6.07) is 43.1. The standard InChI is InChI=1S/C39H26N6/c1-3-15-33-35(40-2)30-24-25-32-34(29-22-13-14-23-31(29)44(32)28-20-11-6-12-21-28)36(30)45(33)39-42-37(26-16-7-4-8-17-26)41-38(43-39)27-18-9-5-10-19-27/h1,4-25H,2H3/b33-15+,40-35-. The van der Waals surface area contributed by atoms with Crippen LogP contribution in [0.25, 0.3) is 50.3 Å². The summed E-state index contributed by atoms with van der Waals surface area (Å²) in [4.78, 5) is 21.9. The van der Waals surface area contributed by atoms with Crippen molar-refractivity contribution in [3.63, 3.8) is 0 Å². The number of fused-ring (bicyclic) bond motifs is 5. The van der Waals surface area contributed by atoms with Crippen LogP contribution in [0.3, 0.4) is 0 Å². The van der Waals surface area contributed by atoms with Gasteiger partial charge in [0.1, 0.15) is 0 Å². The molecule has 0 radical (unpaired) electrons. The molecule has 0 saturated carbocycles. The van der Waals surface area contributed by atoms with Gasteiger partial charge >= 0.3 is 0 Å². The lowest BCUT2D eigenvalue weighted by Gasteiger charge is -2.21. The summed E-state index contributed by atoms with van der Waals surface area (Å²) in [6.45, 7) is 0. The largest absolute Gasteiger partial charge is 0.309 e. The van der Waals surface area contributed by atoms with E-state index in [0.29, 0.717) is 17.6 Å². The predicted octanol–water partition coefficient (Wildman–Crippen LogP) is 8.39. The fourth-order valence-electron chi connectivity index (χ4n) is 6.24. The molecule has 0 N–H and O–H groups in total. The zero-order chi connectivity index (χ0) is 30.3. The Morgan fingerprint density at radius 3 is 1.89 bits per heavy atom. The van der Waals surface area contributed by atoms with Gasteiger partial charge in [-0.25, -0.2) is 4.98 Å². The van der Waals surface area contributed by atoms with Crippen LogP contribution in [0.5, 0.6) is 0 Å². The molecule has 8 rings (SSSR count). The first-order valence-electron chi connectivity index (χ1n) is 14.7. The molecule has 0 spiro atoms. The van der Waals surface area contributed by atoms with Gasteiger partial charge in [0.05, 0.1) is 28.1 Å². The molecule has 0 saturated heterocycles. The highest BCUT2D eigenvalue weighted by atomic mass is 15.3. The van der Waals surface area contributed by atoms with Gasteiger partial charge in [0.15, 0.2) is 11.6 Å². The number of aromatic nitrogens is 4. The summed E-state index contributed by atoms with van der Waals surface area (Å²) in [6.07, 6.45) is 7.71. The SMILES string of the molecule is C#C/C=C1\C(=N/C)c2ccc3c(c2N1c1nc(-c2ccccc2)nc(-c2ccccc2)n1)c1ccccc1n3-c1ccccc1. The van der Waals surface area contributed by atoms with Crippen LogP contribution >= 0.6 is 0 Å². The molecule has 0 fully saturated rings. The third kappa shape index (κ3) is 4.21. The van der Waals surface area contributed by atoms with E-state index in [4.69, 9.17) is 26.4 Å². The summed E-state index contributed by atoms with van der Waals surface area (Å²) in [5, 5.41) is 2.17. The number of allylic oxidation sites excluding steroid dienone is 2. The molecule has 6 heteroatoms. The highest BCUT2D eigenvalue weighted by molar-refractivity contribution is 6.30. The van der Waals surface area contributed by atoms with Gasteiger partial charge in [-0.05, 0) is 30.3 Å². The second-order valence-corrected chi connectivity index (χ2v) is 10.7. The number of terminal acetylenes is 1. The van der Waals surface area contributed by atoms with E-state index in [2.05, 4.69) is 76.1 Å². The van der Waals surface area contributed by atoms with Crippen LogP contribution in [-0.2, 0) is 0 Å². The number of aliphatic imine (C=N–C) groups is 1. The summed E-state index contributed by atoms with van der Waals surface area (Å²) >= 11 is 0. The molecule has 3 heterocycles. The van der Waals surface area contributed by atoms with Crippen LogP contribution in [0.2, 0.25) is 0 Å². The lowest BCUT2D eigenvalue weighted by molar-refractivity contribution is 1.02. The van der Waals surface area contributed by atoms with E-state index in [-0.39, 0.29) is 0 Å². The molecule has 2 aromatic heterocycles. The maximum absolute atomic E-state index is 5.96. The Bertz CT molecular complexity index is 2270.